The summed E-state index contributed by atoms with van der Waals surface area (Å²) >= 11 is 54.3. The number of carbonyl (C=O) groups excluding carboxylic acids is 2. The second-order valence-corrected chi connectivity index (χ2v) is 12.4. The van der Waals surface area contributed by atoms with E-state index in [2.05, 4.69) is 0 Å². The normalized spacial score (nSPS) is 53.8. The Bertz CT molecular complexity index is 1090. The maximum Gasteiger partial charge on any atom is 0.218 e. The molecule has 8 atom stereocenters. The zero-order valence-corrected chi connectivity index (χ0v) is 21.1. The minimum absolute atomic E-state index is 0.0171. The number of allylic oxidation sites excluding steroid dienone is 4. The van der Waals surface area contributed by atoms with Crippen LogP contribution >= 0.6 is 92.8 Å². The molecule has 3 fully saturated rings. The van der Waals surface area contributed by atoms with Crippen LogP contribution in [-0.4, -0.2) is 50.1 Å². The molecule has 0 aromatic carbocycles. The van der Waals surface area contributed by atoms with Gasteiger partial charge in [-0.05, 0) is 0 Å². The smallest absolute Gasteiger partial charge is 0.218 e. The van der Waals surface area contributed by atoms with Crippen LogP contribution in [-0.2, 0) is 19.1 Å². The second kappa shape index (κ2) is 6.13. The molecule has 12 heteroatoms. The molecule has 1 saturated heterocycles. The molecule has 4 nitrogen and oxygen atoms in total. The fourth-order valence-corrected chi connectivity index (χ4v) is 10.5. The maximum atomic E-state index is 14.1. The SMILES string of the molecule is O=C1[C@@H]2[C@@H]([C@@H]3C=C[C@H]1[C@@]1(Cl)C(Cl)=C(Cl)C(=O)[C@@]31Cl)[C@@]1(Cl)C(Cl)=C(Cl)[C@@]2(Cl)C12OCCO2. The Labute approximate surface area is 216 Å². The Morgan fingerprint density at radius 3 is 1.97 bits per heavy atom. The van der Waals surface area contributed by atoms with E-state index in [1.807, 2.05) is 0 Å². The molecule has 0 aromatic heterocycles. The molecule has 7 rings (SSSR count). The number of hydrogen-bond acceptors (Lipinski definition) is 4. The summed E-state index contributed by atoms with van der Waals surface area (Å²) in [5.41, 5.74) is 0. The van der Waals surface area contributed by atoms with Gasteiger partial charge in [-0.2, -0.15) is 0 Å². The van der Waals surface area contributed by atoms with Crippen LogP contribution in [0.15, 0.2) is 32.3 Å². The van der Waals surface area contributed by atoms with Gasteiger partial charge in [0.05, 0.1) is 40.1 Å². The van der Waals surface area contributed by atoms with Gasteiger partial charge in [0.15, 0.2) is 5.78 Å². The second-order valence-electron chi connectivity index (χ2n) is 8.54. The van der Waals surface area contributed by atoms with Crippen LogP contribution in [0.2, 0.25) is 0 Å². The number of hydrogen-bond donors (Lipinski definition) is 0. The summed E-state index contributed by atoms with van der Waals surface area (Å²) in [7, 11) is 0. The van der Waals surface area contributed by atoms with Gasteiger partial charge in [-0.3, -0.25) is 9.59 Å². The number of rotatable bonds is 0. The van der Waals surface area contributed by atoms with Crippen LogP contribution in [0.5, 0.6) is 0 Å². The molecule has 31 heavy (non-hydrogen) atoms. The van der Waals surface area contributed by atoms with E-state index < -0.39 is 60.5 Å². The van der Waals surface area contributed by atoms with Crippen LogP contribution in [0.4, 0.5) is 0 Å². The molecule has 2 saturated carbocycles. The standard InChI is InChI=1S/C19H10Cl8O4/c20-9-11(21)15(24)6-2-1-5(16(15,25)14(9)29)7-8(10(6)28)18(27)13(23)12(22)17(7,26)19(18)30-3-4-31-19/h1-2,5-8H,3-4H2/t5-,6+,7+,8-,15+,16-,17+,18+/m0/s1. The van der Waals surface area contributed by atoms with Crippen molar-refractivity contribution in [3.05, 3.63) is 32.3 Å². The van der Waals surface area contributed by atoms with Crippen molar-refractivity contribution in [2.75, 3.05) is 13.2 Å². The van der Waals surface area contributed by atoms with Crippen molar-refractivity contribution in [3.63, 3.8) is 0 Å². The quantitative estimate of drug-likeness (QED) is 0.288. The first-order valence-electron chi connectivity index (χ1n) is 9.30. The summed E-state index contributed by atoms with van der Waals surface area (Å²) in [4.78, 5) is 20.2. The molecule has 1 aliphatic heterocycles. The molecule has 0 N–H and O–H groups in total. The van der Waals surface area contributed by atoms with Crippen molar-refractivity contribution < 1.29 is 19.1 Å². The van der Waals surface area contributed by atoms with E-state index in [9.17, 15) is 9.59 Å². The van der Waals surface area contributed by atoms with E-state index >= 15 is 0 Å². The summed E-state index contributed by atoms with van der Waals surface area (Å²) < 4.78 is 11.9. The van der Waals surface area contributed by atoms with Crippen molar-refractivity contribution in [1.82, 2.24) is 0 Å². The molecular weight excluding hydrogens is 576 g/mol. The van der Waals surface area contributed by atoms with Gasteiger partial charge in [-0.15, -0.1) is 46.4 Å². The lowest BCUT2D eigenvalue weighted by Gasteiger charge is -2.48. The van der Waals surface area contributed by atoms with Crippen LogP contribution < -0.4 is 0 Å². The van der Waals surface area contributed by atoms with Crippen molar-refractivity contribution in [3.8, 4) is 0 Å². The van der Waals surface area contributed by atoms with Gasteiger partial charge in [0.25, 0.3) is 0 Å². The van der Waals surface area contributed by atoms with E-state index in [-0.39, 0.29) is 33.3 Å². The highest BCUT2D eigenvalue weighted by Gasteiger charge is 2.91. The molecule has 0 unspecified atom stereocenters. The van der Waals surface area contributed by atoms with Crippen LogP contribution in [0.25, 0.3) is 0 Å². The third-order valence-electron chi connectivity index (χ3n) is 7.70. The highest BCUT2D eigenvalue weighted by atomic mass is 35.5. The first kappa shape index (κ1) is 22.3. The van der Waals surface area contributed by atoms with E-state index in [0.29, 0.717) is 0 Å². The van der Waals surface area contributed by atoms with Crippen LogP contribution in [0.1, 0.15) is 0 Å². The number of ketones is 2. The first-order chi connectivity index (χ1) is 14.4. The third kappa shape index (κ3) is 1.84. The molecule has 6 aliphatic carbocycles. The summed E-state index contributed by atoms with van der Waals surface area (Å²) in [5.74, 6) is -6.93. The predicted octanol–water partition coefficient (Wildman–Crippen LogP) is 5.25. The van der Waals surface area contributed by atoms with Gasteiger partial charge in [0.2, 0.25) is 5.79 Å². The van der Waals surface area contributed by atoms with Gasteiger partial charge in [0.1, 0.15) is 30.3 Å². The van der Waals surface area contributed by atoms with Gasteiger partial charge in [-0.1, -0.05) is 58.6 Å². The molecular formula is C19H10Cl8O4. The van der Waals surface area contributed by atoms with Crippen molar-refractivity contribution in [1.29, 1.82) is 0 Å². The van der Waals surface area contributed by atoms with Gasteiger partial charge in [0, 0.05) is 11.8 Å². The Hall–Kier alpha value is 0.800. The highest BCUT2D eigenvalue weighted by molar-refractivity contribution is 6.63. The van der Waals surface area contributed by atoms with Crippen molar-refractivity contribution in [2.45, 2.75) is 25.3 Å². The minimum Gasteiger partial charge on any atom is -0.344 e. The zero-order chi connectivity index (χ0) is 22.5. The Balaban J connectivity index is 1.69. The van der Waals surface area contributed by atoms with E-state index in [0.717, 1.165) is 0 Å². The Morgan fingerprint density at radius 1 is 0.774 bits per heavy atom. The first-order valence-corrected chi connectivity index (χ1v) is 12.3. The third-order valence-corrected chi connectivity index (χ3v) is 12.9. The summed E-state index contributed by atoms with van der Waals surface area (Å²) in [6.07, 6.45) is 3.22. The Morgan fingerprint density at radius 2 is 1.35 bits per heavy atom. The number of halogens is 8. The fourth-order valence-electron chi connectivity index (χ4n) is 6.57. The van der Waals surface area contributed by atoms with E-state index in [1.54, 1.807) is 12.2 Å². The molecule has 0 radical (unpaired) electrons. The van der Waals surface area contributed by atoms with E-state index in [4.69, 9.17) is 102 Å². The number of carbonyl (C=O) groups is 2. The lowest BCUT2D eigenvalue weighted by molar-refractivity contribution is -0.175. The summed E-state index contributed by atoms with van der Waals surface area (Å²) in [5, 5.41) is -0.549. The molecule has 0 aromatic rings. The zero-order valence-electron chi connectivity index (χ0n) is 15.0. The Kier molecular flexibility index (Phi) is 4.40. The maximum absolute atomic E-state index is 14.1. The summed E-state index contributed by atoms with van der Waals surface area (Å²) in [6.45, 7) is 0.330. The monoisotopic (exact) mass is 582 g/mol. The fraction of sp³-hybridized carbons (Fsp3) is 0.579. The lowest BCUT2D eigenvalue weighted by atomic mass is 9.66. The molecule has 7 aliphatic rings. The molecule has 1 heterocycles. The van der Waals surface area contributed by atoms with Crippen LogP contribution in [0, 0.1) is 23.7 Å². The topological polar surface area (TPSA) is 52.6 Å². The van der Waals surface area contributed by atoms with Gasteiger partial charge < -0.3 is 9.47 Å². The number of ether oxygens (including phenoxy) is 2. The molecule has 1 spiro atoms. The molecule has 0 amide bonds. The van der Waals surface area contributed by atoms with Crippen LogP contribution in [0.3, 0.4) is 0 Å². The van der Waals surface area contributed by atoms with Gasteiger partial charge in [-0.25, -0.2) is 0 Å². The van der Waals surface area contributed by atoms with Crippen molar-refractivity contribution >= 4 is 104 Å². The molecule has 166 valence electrons. The summed E-state index contributed by atoms with van der Waals surface area (Å²) in [6, 6.07) is 0. The number of alkyl halides is 4. The van der Waals surface area contributed by atoms with Crippen molar-refractivity contribution in [2.24, 2.45) is 23.7 Å². The highest BCUT2D eigenvalue weighted by Crippen LogP contribution is 2.80. The lowest BCUT2D eigenvalue weighted by Crippen LogP contribution is -2.62. The average Bonchev–Trinajstić information content (AvgIpc) is 3.32. The van der Waals surface area contributed by atoms with Gasteiger partial charge >= 0.3 is 0 Å². The minimum atomic E-state index is -1.90. The van der Waals surface area contributed by atoms with E-state index in [1.165, 1.54) is 0 Å². The number of Topliss-reactive ketones (excluding diaryl/α,β-unsaturated/α-hetero) is 2. The average molecular weight is 586 g/mol. The largest absolute Gasteiger partial charge is 0.344 e. The molecule has 4 bridgehead atoms. The predicted molar refractivity (Wildman–Crippen MR) is 120 cm³/mol.